The van der Waals surface area contributed by atoms with Gasteiger partial charge >= 0.3 is 5.97 Å². The van der Waals surface area contributed by atoms with E-state index in [1.54, 1.807) is 14.0 Å². The molecule has 0 aliphatic rings. The third kappa shape index (κ3) is 5.14. The molecule has 2 N–H and O–H groups in total. The van der Waals surface area contributed by atoms with Gasteiger partial charge in [0.15, 0.2) is 0 Å². The van der Waals surface area contributed by atoms with Crippen molar-refractivity contribution in [2.24, 2.45) is 0 Å². The Morgan fingerprint density at radius 1 is 1.60 bits per heavy atom. The van der Waals surface area contributed by atoms with E-state index < -0.39 is 11.5 Å². The van der Waals surface area contributed by atoms with Crippen LogP contribution in [0.5, 0.6) is 0 Å². The smallest absolute Gasteiger partial charge is 0.323 e. The molecule has 0 heterocycles. The van der Waals surface area contributed by atoms with Gasteiger partial charge < -0.3 is 9.84 Å². The predicted molar refractivity (Wildman–Crippen MR) is 60.0 cm³/mol. The summed E-state index contributed by atoms with van der Waals surface area (Å²) < 4.78 is 4.93. The van der Waals surface area contributed by atoms with Crippen LogP contribution in [0.1, 0.15) is 40.0 Å². The van der Waals surface area contributed by atoms with Crippen LogP contribution in [-0.4, -0.2) is 36.4 Å². The van der Waals surface area contributed by atoms with Crippen LogP contribution in [0.3, 0.4) is 0 Å². The van der Waals surface area contributed by atoms with Crippen molar-refractivity contribution in [3.8, 4) is 0 Å². The molecule has 0 saturated carbocycles. The Balaban J connectivity index is 4.30. The van der Waals surface area contributed by atoms with E-state index in [1.165, 1.54) is 0 Å². The van der Waals surface area contributed by atoms with E-state index in [0.717, 1.165) is 12.8 Å². The fourth-order valence-corrected chi connectivity index (χ4v) is 1.60. The van der Waals surface area contributed by atoms with Gasteiger partial charge in [-0.15, -0.1) is 0 Å². The molecule has 0 bridgehead atoms. The van der Waals surface area contributed by atoms with E-state index in [0.29, 0.717) is 13.0 Å². The second-order valence-electron chi connectivity index (χ2n) is 4.21. The van der Waals surface area contributed by atoms with Crippen LogP contribution in [-0.2, 0) is 9.53 Å². The van der Waals surface area contributed by atoms with Crippen LogP contribution in [0, 0.1) is 0 Å². The van der Waals surface area contributed by atoms with E-state index in [9.17, 15) is 4.79 Å². The fraction of sp³-hybridized carbons (Fsp3) is 0.909. The van der Waals surface area contributed by atoms with Crippen molar-refractivity contribution in [1.29, 1.82) is 0 Å². The van der Waals surface area contributed by atoms with Gasteiger partial charge in [-0.25, -0.2) is 0 Å². The Labute approximate surface area is 92.0 Å². The van der Waals surface area contributed by atoms with Gasteiger partial charge in [-0.3, -0.25) is 10.1 Å². The van der Waals surface area contributed by atoms with Gasteiger partial charge in [0.1, 0.15) is 5.54 Å². The Morgan fingerprint density at radius 3 is 2.60 bits per heavy atom. The molecule has 0 aromatic rings. The van der Waals surface area contributed by atoms with Crippen LogP contribution in [0.4, 0.5) is 0 Å². The first-order valence-corrected chi connectivity index (χ1v) is 5.46. The van der Waals surface area contributed by atoms with Gasteiger partial charge in [0.25, 0.3) is 0 Å². The van der Waals surface area contributed by atoms with Crippen molar-refractivity contribution < 1.29 is 14.6 Å². The number of rotatable bonds is 8. The molecule has 0 rings (SSSR count). The van der Waals surface area contributed by atoms with Crippen molar-refractivity contribution in [1.82, 2.24) is 5.32 Å². The molecule has 15 heavy (non-hydrogen) atoms. The third-order valence-corrected chi connectivity index (χ3v) is 2.56. The standard InChI is InChI=1S/C11H23NO3/c1-5-6-9(2)12-11(3,10(13)14)7-8-15-4/h9,12H,5-8H2,1-4H3,(H,13,14). The van der Waals surface area contributed by atoms with Crippen LogP contribution in [0.2, 0.25) is 0 Å². The van der Waals surface area contributed by atoms with Gasteiger partial charge in [-0.05, 0) is 26.7 Å². The fourth-order valence-electron chi connectivity index (χ4n) is 1.60. The van der Waals surface area contributed by atoms with Crippen molar-refractivity contribution in [2.75, 3.05) is 13.7 Å². The molecule has 2 atom stereocenters. The number of carbonyl (C=O) groups is 1. The number of aliphatic carboxylic acids is 1. The lowest BCUT2D eigenvalue weighted by Crippen LogP contribution is -2.53. The zero-order valence-corrected chi connectivity index (χ0v) is 10.2. The quantitative estimate of drug-likeness (QED) is 0.649. The molecule has 0 aromatic carbocycles. The molecule has 4 nitrogen and oxygen atoms in total. The molecule has 0 amide bonds. The average Bonchev–Trinajstić information content (AvgIpc) is 2.14. The lowest BCUT2D eigenvalue weighted by Gasteiger charge is -2.29. The summed E-state index contributed by atoms with van der Waals surface area (Å²) in [5, 5.41) is 12.3. The zero-order valence-electron chi connectivity index (χ0n) is 10.2. The summed E-state index contributed by atoms with van der Waals surface area (Å²) in [4.78, 5) is 11.1. The summed E-state index contributed by atoms with van der Waals surface area (Å²) >= 11 is 0. The maximum atomic E-state index is 11.1. The van der Waals surface area contributed by atoms with Crippen molar-refractivity contribution >= 4 is 5.97 Å². The zero-order chi connectivity index (χ0) is 11.9. The molecule has 0 spiro atoms. The van der Waals surface area contributed by atoms with Crippen LogP contribution in [0.15, 0.2) is 0 Å². The van der Waals surface area contributed by atoms with Crippen LogP contribution >= 0.6 is 0 Å². The third-order valence-electron chi connectivity index (χ3n) is 2.56. The topological polar surface area (TPSA) is 58.6 Å². The molecular weight excluding hydrogens is 194 g/mol. The number of hydrogen-bond donors (Lipinski definition) is 2. The van der Waals surface area contributed by atoms with Gasteiger partial charge in [0, 0.05) is 19.8 Å². The molecule has 0 saturated heterocycles. The minimum Gasteiger partial charge on any atom is -0.480 e. The summed E-state index contributed by atoms with van der Waals surface area (Å²) in [6, 6.07) is 0.216. The number of carboxylic acids is 1. The van der Waals surface area contributed by atoms with Gasteiger partial charge in [0.2, 0.25) is 0 Å². The van der Waals surface area contributed by atoms with E-state index >= 15 is 0 Å². The van der Waals surface area contributed by atoms with Gasteiger partial charge in [-0.1, -0.05) is 13.3 Å². The van der Waals surface area contributed by atoms with Gasteiger partial charge in [-0.2, -0.15) is 0 Å². The summed E-state index contributed by atoms with van der Waals surface area (Å²) in [6.45, 7) is 6.26. The largest absolute Gasteiger partial charge is 0.480 e. The minimum atomic E-state index is -0.884. The molecule has 0 aromatic heterocycles. The normalized spacial score (nSPS) is 17.1. The molecule has 0 radical (unpaired) electrons. The Hall–Kier alpha value is -0.610. The lowest BCUT2D eigenvalue weighted by molar-refractivity contribution is -0.145. The average molecular weight is 217 g/mol. The number of carboxylic acid groups (broad SMARTS) is 1. The maximum Gasteiger partial charge on any atom is 0.323 e. The number of nitrogens with one attached hydrogen (secondary N) is 1. The highest BCUT2D eigenvalue weighted by molar-refractivity contribution is 5.78. The monoisotopic (exact) mass is 217 g/mol. The summed E-state index contributed by atoms with van der Waals surface area (Å²) in [5.74, 6) is -0.817. The molecule has 0 fully saturated rings. The first kappa shape index (κ1) is 14.4. The van der Waals surface area contributed by atoms with Crippen LogP contribution < -0.4 is 5.32 Å². The highest BCUT2D eigenvalue weighted by Crippen LogP contribution is 2.13. The first-order chi connectivity index (χ1) is 6.96. The molecule has 0 aliphatic heterocycles. The summed E-state index contributed by atoms with van der Waals surface area (Å²) in [5.41, 5.74) is -0.884. The van der Waals surface area contributed by atoms with Crippen molar-refractivity contribution in [3.05, 3.63) is 0 Å². The molecular formula is C11H23NO3. The Kier molecular flexibility index (Phi) is 6.52. The molecule has 4 heteroatoms. The number of ether oxygens (including phenoxy) is 1. The lowest BCUT2D eigenvalue weighted by atomic mass is 9.96. The first-order valence-electron chi connectivity index (χ1n) is 5.46. The van der Waals surface area contributed by atoms with E-state index in [4.69, 9.17) is 9.84 Å². The highest BCUT2D eigenvalue weighted by Gasteiger charge is 2.33. The SMILES string of the molecule is CCCC(C)NC(C)(CCOC)C(=O)O. The second-order valence-corrected chi connectivity index (χ2v) is 4.21. The number of methoxy groups -OCH3 is 1. The Morgan fingerprint density at radius 2 is 2.20 bits per heavy atom. The van der Waals surface area contributed by atoms with E-state index in [1.807, 2.05) is 6.92 Å². The second kappa shape index (κ2) is 6.80. The van der Waals surface area contributed by atoms with E-state index in [-0.39, 0.29) is 6.04 Å². The van der Waals surface area contributed by atoms with Crippen molar-refractivity contribution in [3.63, 3.8) is 0 Å². The highest BCUT2D eigenvalue weighted by atomic mass is 16.5. The Bertz CT molecular complexity index is 196. The van der Waals surface area contributed by atoms with Crippen LogP contribution in [0.25, 0.3) is 0 Å². The maximum absolute atomic E-state index is 11.1. The van der Waals surface area contributed by atoms with Gasteiger partial charge in [0.05, 0.1) is 0 Å². The summed E-state index contributed by atoms with van der Waals surface area (Å²) in [7, 11) is 1.58. The summed E-state index contributed by atoms with van der Waals surface area (Å²) in [6.07, 6.45) is 2.51. The molecule has 0 aliphatic carbocycles. The minimum absolute atomic E-state index is 0.216. The molecule has 2 unspecified atom stereocenters. The van der Waals surface area contributed by atoms with Crippen molar-refractivity contribution in [2.45, 2.75) is 51.6 Å². The van der Waals surface area contributed by atoms with E-state index in [2.05, 4.69) is 12.2 Å². The molecule has 90 valence electrons. The predicted octanol–water partition coefficient (Wildman–Crippen LogP) is 1.64. The number of hydrogen-bond acceptors (Lipinski definition) is 3.